The lowest BCUT2D eigenvalue weighted by molar-refractivity contribution is -0.147. The Morgan fingerprint density at radius 1 is 1.15 bits per heavy atom. The maximum Gasteiger partial charge on any atom is 0.372 e. The fourth-order valence-electron chi connectivity index (χ4n) is 1.68. The van der Waals surface area contributed by atoms with Crippen molar-refractivity contribution in [2.45, 2.75) is 24.4 Å². The number of hydrogen-bond acceptors (Lipinski definition) is 8. The summed E-state index contributed by atoms with van der Waals surface area (Å²) in [5.74, 6) is -2.17. The monoisotopic (exact) mass is 288 g/mol. The number of aliphatic hydroxyl groups excluding tert-OH is 3. The number of methoxy groups -OCH3 is 2. The molecule has 0 aromatic carbocycles. The number of aliphatic hydroxyl groups is 3. The van der Waals surface area contributed by atoms with Crippen molar-refractivity contribution in [3.63, 3.8) is 0 Å². The van der Waals surface area contributed by atoms with E-state index in [0.29, 0.717) is 0 Å². The molecule has 1 rings (SSSR count). The Morgan fingerprint density at radius 3 is 2.25 bits per heavy atom. The number of esters is 2. The van der Waals surface area contributed by atoms with Gasteiger partial charge in [-0.3, -0.25) is 0 Å². The van der Waals surface area contributed by atoms with E-state index in [9.17, 15) is 24.9 Å². The van der Waals surface area contributed by atoms with Crippen LogP contribution in [0.2, 0.25) is 0 Å². The first-order valence-corrected chi connectivity index (χ1v) is 5.61. The Labute approximate surface area is 114 Å². The van der Waals surface area contributed by atoms with Crippen LogP contribution in [0, 0.1) is 0 Å². The second-order valence-corrected chi connectivity index (χ2v) is 4.04. The minimum absolute atomic E-state index is 0.284. The van der Waals surface area contributed by atoms with E-state index in [1.165, 1.54) is 0 Å². The molecule has 0 heterocycles. The normalized spacial score (nSPS) is 29.1. The van der Waals surface area contributed by atoms with Crippen LogP contribution >= 0.6 is 0 Å². The first-order valence-electron chi connectivity index (χ1n) is 5.61. The molecule has 0 radical (unpaired) electrons. The summed E-state index contributed by atoms with van der Waals surface area (Å²) >= 11 is 0. The number of carbonyl (C=O) groups is 2. The number of ether oxygens (including phenoxy) is 3. The lowest BCUT2D eigenvalue weighted by Crippen LogP contribution is -2.50. The van der Waals surface area contributed by atoms with Crippen molar-refractivity contribution >= 4 is 11.9 Å². The third-order valence-corrected chi connectivity index (χ3v) is 2.78. The van der Waals surface area contributed by atoms with Gasteiger partial charge in [-0.15, -0.1) is 0 Å². The van der Waals surface area contributed by atoms with Gasteiger partial charge >= 0.3 is 11.9 Å². The predicted octanol–water partition coefficient (Wildman–Crippen LogP) is -1.75. The van der Waals surface area contributed by atoms with Crippen molar-refractivity contribution in [1.82, 2.24) is 0 Å². The van der Waals surface area contributed by atoms with Crippen LogP contribution in [-0.2, 0) is 23.8 Å². The van der Waals surface area contributed by atoms with Crippen LogP contribution in [0.4, 0.5) is 0 Å². The fourth-order valence-corrected chi connectivity index (χ4v) is 1.68. The van der Waals surface area contributed by atoms with Crippen molar-refractivity contribution in [1.29, 1.82) is 0 Å². The first kappa shape index (κ1) is 16.2. The molecule has 0 aromatic heterocycles. The molecule has 8 nitrogen and oxygen atoms in total. The van der Waals surface area contributed by atoms with Crippen LogP contribution in [0.15, 0.2) is 24.0 Å². The quantitative estimate of drug-likeness (QED) is 0.316. The summed E-state index contributed by atoms with van der Waals surface area (Å²) in [6.45, 7) is 3.29. The van der Waals surface area contributed by atoms with Gasteiger partial charge in [-0.25, -0.2) is 9.59 Å². The molecule has 0 aliphatic heterocycles. The van der Waals surface area contributed by atoms with E-state index < -0.39 is 42.1 Å². The average molecular weight is 288 g/mol. The standard InChI is InChI=1S/C12H16O8/c1-5(11(16)18-2)20-7-4-6(12(17)19-3)8(13)10(15)9(7)14/h4,7-10,13-15H,1H2,2-3H3/t7-,8+,9-,10-/m1/s1. The van der Waals surface area contributed by atoms with Gasteiger partial charge < -0.3 is 29.5 Å². The third-order valence-electron chi connectivity index (χ3n) is 2.78. The zero-order valence-electron chi connectivity index (χ0n) is 11.0. The second-order valence-electron chi connectivity index (χ2n) is 4.04. The molecule has 8 heteroatoms. The van der Waals surface area contributed by atoms with E-state index in [2.05, 4.69) is 16.1 Å². The van der Waals surface area contributed by atoms with Crippen molar-refractivity contribution < 1.29 is 39.1 Å². The minimum atomic E-state index is -1.68. The van der Waals surface area contributed by atoms with E-state index in [4.69, 9.17) is 4.74 Å². The molecule has 0 saturated carbocycles. The highest BCUT2D eigenvalue weighted by Crippen LogP contribution is 2.24. The fraction of sp³-hybridized carbons (Fsp3) is 0.500. The van der Waals surface area contributed by atoms with Crippen molar-refractivity contribution in [2.24, 2.45) is 0 Å². The summed E-state index contributed by atoms with van der Waals surface area (Å²) in [7, 11) is 2.21. The summed E-state index contributed by atoms with van der Waals surface area (Å²) in [6, 6.07) is 0. The maximum absolute atomic E-state index is 11.4. The summed E-state index contributed by atoms with van der Waals surface area (Å²) in [6.07, 6.45) is -5.05. The molecule has 112 valence electrons. The molecule has 0 aromatic rings. The number of carbonyl (C=O) groups excluding carboxylic acids is 2. The molecule has 20 heavy (non-hydrogen) atoms. The van der Waals surface area contributed by atoms with Crippen molar-refractivity contribution in [2.75, 3.05) is 14.2 Å². The van der Waals surface area contributed by atoms with Gasteiger partial charge in [-0.1, -0.05) is 0 Å². The molecule has 1 aliphatic rings. The predicted molar refractivity (Wildman–Crippen MR) is 64.1 cm³/mol. The average Bonchev–Trinajstić information content (AvgIpc) is 2.45. The Morgan fingerprint density at radius 2 is 1.75 bits per heavy atom. The zero-order chi connectivity index (χ0) is 15.4. The van der Waals surface area contributed by atoms with Crippen LogP contribution in [0.1, 0.15) is 0 Å². The summed E-state index contributed by atoms with van der Waals surface area (Å²) < 4.78 is 13.8. The molecule has 3 N–H and O–H groups in total. The smallest absolute Gasteiger partial charge is 0.372 e. The minimum Gasteiger partial charge on any atom is -0.477 e. The highest BCUT2D eigenvalue weighted by molar-refractivity contribution is 5.90. The van der Waals surface area contributed by atoms with Crippen molar-refractivity contribution in [3.8, 4) is 0 Å². The van der Waals surface area contributed by atoms with Gasteiger partial charge in [0.25, 0.3) is 0 Å². The van der Waals surface area contributed by atoms with Crippen LogP contribution < -0.4 is 0 Å². The summed E-state index contributed by atoms with van der Waals surface area (Å²) in [5, 5.41) is 29.1. The van der Waals surface area contributed by atoms with E-state index in [1.54, 1.807) is 0 Å². The molecule has 1 aliphatic carbocycles. The van der Waals surface area contributed by atoms with Gasteiger partial charge in [0.2, 0.25) is 0 Å². The molecule has 0 spiro atoms. The van der Waals surface area contributed by atoms with E-state index in [0.717, 1.165) is 20.3 Å². The molecule has 0 unspecified atom stereocenters. The highest BCUT2D eigenvalue weighted by atomic mass is 16.6. The summed E-state index contributed by atoms with van der Waals surface area (Å²) in [4.78, 5) is 22.6. The highest BCUT2D eigenvalue weighted by Gasteiger charge is 2.41. The molecular formula is C12H16O8. The first-order chi connectivity index (χ1) is 9.33. The van der Waals surface area contributed by atoms with Gasteiger partial charge in [-0.05, 0) is 12.7 Å². The topological polar surface area (TPSA) is 123 Å². The van der Waals surface area contributed by atoms with Gasteiger partial charge in [0.15, 0.2) is 5.76 Å². The van der Waals surface area contributed by atoms with Gasteiger partial charge in [0, 0.05) is 0 Å². The summed E-state index contributed by atoms with van der Waals surface area (Å²) in [5.41, 5.74) is -0.284. The lowest BCUT2D eigenvalue weighted by Gasteiger charge is -2.33. The molecule has 0 bridgehead atoms. The Bertz CT molecular complexity index is 441. The molecule has 0 saturated heterocycles. The van der Waals surface area contributed by atoms with E-state index >= 15 is 0 Å². The maximum atomic E-state index is 11.4. The van der Waals surface area contributed by atoms with Crippen molar-refractivity contribution in [3.05, 3.63) is 24.0 Å². The SMILES string of the molecule is C=C(O[C@@H]1C=C(C(=O)OC)[C@H](O)[C@@H](O)[C@@H]1O)C(=O)OC. The largest absolute Gasteiger partial charge is 0.477 e. The second kappa shape index (κ2) is 6.51. The molecule has 4 atom stereocenters. The Kier molecular flexibility index (Phi) is 5.26. The molecular weight excluding hydrogens is 272 g/mol. The van der Waals surface area contributed by atoms with Crippen LogP contribution in [0.5, 0.6) is 0 Å². The number of rotatable bonds is 4. The van der Waals surface area contributed by atoms with E-state index in [-0.39, 0.29) is 5.57 Å². The van der Waals surface area contributed by atoms with E-state index in [1.807, 2.05) is 0 Å². The van der Waals surface area contributed by atoms with Crippen LogP contribution in [0.3, 0.4) is 0 Å². The van der Waals surface area contributed by atoms with Crippen LogP contribution in [-0.4, -0.2) is 65.9 Å². The van der Waals surface area contributed by atoms with Gasteiger partial charge in [0.1, 0.15) is 24.4 Å². The Balaban J connectivity index is 2.99. The molecule has 0 amide bonds. The lowest BCUT2D eigenvalue weighted by atomic mass is 9.89. The number of hydrogen-bond donors (Lipinski definition) is 3. The Hall–Kier alpha value is -1.90. The van der Waals surface area contributed by atoms with Crippen LogP contribution in [0.25, 0.3) is 0 Å². The third kappa shape index (κ3) is 3.16. The van der Waals surface area contributed by atoms with Gasteiger partial charge in [-0.2, -0.15) is 0 Å². The van der Waals surface area contributed by atoms with Gasteiger partial charge in [0.05, 0.1) is 19.8 Å². The molecule has 0 fully saturated rings. The zero-order valence-corrected chi connectivity index (χ0v) is 11.0.